The Morgan fingerprint density at radius 2 is 1.96 bits per heavy atom. The van der Waals surface area contributed by atoms with Crippen molar-refractivity contribution in [2.24, 2.45) is 0 Å². The number of hydrogen-bond donors (Lipinski definition) is 2. The summed E-state index contributed by atoms with van der Waals surface area (Å²) in [5.74, 6) is -0.241. The van der Waals surface area contributed by atoms with Gasteiger partial charge in [-0.25, -0.2) is 4.98 Å². The van der Waals surface area contributed by atoms with Gasteiger partial charge in [-0.05, 0) is 35.9 Å². The smallest absolute Gasteiger partial charge is 0.248 e. The van der Waals surface area contributed by atoms with Crippen LogP contribution in [0.5, 0.6) is 0 Å². The first-order valence-corrected chi connectivity index (χ1v) is 7.29. The maximum absolute atomic E-state index is 12.0. The van der Waals surface area contributed by atoms with E-state index in [1.165, 1.54) is 6.08 Å². The molecule has 0 atom stereocenters. The number of para-hydroxylation sites is 1. The van der Waals surface area contributed by atoms with Gasteiger partial charge in [-0.3, -0.25) is 4.79 Å². The second-order valence-electron chi connectivity index (χ2n) is 5.11. The molecule has 23 heavy (non-hydrogen) atoms. The van der Waals surface area contributed by atoms with Crippen LogP contribution in [0.3, 0.4) is 0 Å². The fourth-order valence-electron chi connectivity index (χ4n) is 2.27. The normalized spacial score (nSPS) is 11.0. The monoisotopic (exact) mass is 304 g/mol. The quantitative estimate of drug-likeness (QED) is 0.726. The molecule has 114 valence electrons. The number of aromatic nitrogens is 1. The minimum absolute atomic E-state index is 0.0550. The fraction of sp³-hybridized carbons (Fsp3) is 0.0526. The zero-order valence-electron chi connectivity index (χ0n) is 12.4. The zero-order chi connectivity index (χ0) is 16.1. The van der Waals surface area contributed by atoms with Crippen molar-refractivity contribution in [3.63, 3.8) is 0 Å². The minimum atomic E-state index is -0.241. The summed E-state index contributed by atoms with van der Waals surface area (Å²) in [6, 6.07) is 18.8. The average Bonchev–Trinajstić information content (AvgIpc) is 2.60. The van der Waals surface area contributed by atoms with E-state index in [1.807, 2.05) is 36.4 Å². The molecule has 0 spiro atoms. The molecule has 2 N–H and O–H groups in total. The fourth-order valence-corrected chi connectivity index (χ4v) is 2.27. The Morgan fingerprint density at radius 3 is 2.83 bits per heavy atom. The summed E-state index contributed by atoms with van der Waals surface area (Å²) in [5.41, 5.74) is 3.02. The van der Waals surface area contributed by atoms with E-state index in [0.29, 0.717) is 5.69 Å². The third-order valence-electron chi connectivity index (χ3n) is 3.40. The molecule has 0 saturated heterocycles. The number of nitrogens with zero attached hydrogens (tertiary/aromatic N) is 1. The molecule has 0 aliphatic heterocycles. The van der Waals surface area contributed by atoms with Crippen LogP contribution in [0.25, 0.3) is 17.0 Å². The largest absolute Gasteiger partial charge is 0.392 e. The molecule has 1 heterocycles. The van der Waals surface area contributed by atoms with Gasteiger partial charge in [0.15, 0.2) is 0 Å². The number of fused-ring (bicyclic) bond motifs is 1. The van der Waals surface area contributed by atoms with Crippen molar-refractivity contribution in [3.05, 3.63) is 78.0 Å². The van der Waals surface area contributed by atoms with Crippen LogP contribution in [0.4, 0.5) is 5.69 Å². The molecule has 0 fully saturated rings. The molecule has 0 aliphatic carbocycles. The van der Waals surface area contributed by atoms with E-state index in [2.05, 4.69) is 10.3 Å². The molecule has 0 saturated carbocycles. The number of carbonyl (C=O) groups is 1. The lowest BCUT2D eigenvalue weighted by molar-refractivity contribution is -0.111. The molecule has 4 heteroatoms. The third kappa shape index (κ3) is 3.81. The zero-order valence-corrected chi connectivity index (χ0v) is 12.4. The van der Waals surface area contributed by atoms with Gasteiger partial charge in [0.2, 0.25) is 5.91 Å². The van der Waals surface area contributed by atoms with Crippen molar-refractivity contribution >= 4 is 28.6 Å². The summed E-state index contributed by atoms with van der Waals surface area (Å²) in [6.07, 6.45) is 3.13. The topological polar surface area (TPSA) is 62.2 Å². The van der Waals surface area contributed by atoms with E-state index in [9.17, 15) is 4.79 Å². The number of anilines is 1. The van der Waals surface area contributed by atoms with Gasteiger partial charge in [0.25, 0.3) is 0 Å². The summed E-state index contributed by atoms with van der Waals surface area (Å²) < 4.78 is 0. The van der Waals surface area contributed by atoms with E-state index in [0.717, 1.165) is 22.2 Å². The van der Waals surface area contributed by atoms with Crippen molar-refractivity contribution in [1.82, 2.24) is 4.98 Å². The number of aliphatic hydroxyl groups excluding tert-OH is 1. The van der Waals surface area contributed by atoms with Crippen molar-refractivity contribution < 1.29 is 9.90 Å². The van der Waals surface area contributed by atoms with Gasteiger partial charge < -0.3 is 10.4 Å². The Kier molecular flexibility index (Phi) is 4.45. The highest BCUT2D eigenvalue weighted by molar-refractivity contribution is 6.01. The number of carbonyl (C=O) groups excluding carboxylic acids is 1. The molecule has 1 aromatic heterocycles. The minimum Gasteiger partial charge on any atom is -0.392 e. The lowest BCUT2D eigenvalue weighted by Crippen LogP contribution is -2.08. The maximum Gasteiger partial charge on any atom is 0.248 e. The molecule has 2 aromatic carbocycles. The first kappa shape index (κ1) is 14.9. The van der Waals surface area contributed by atoms with E-state index >= 15 is 0 Å². The van der Waals surface area contributed by atoms with E-state index in [-0.39, 0.29) is 12.5 Å². The predicted molar refractivity (Wildman–Crippen MR) is 91.8 cm³/mol. The Morgan fingerprint density at radius 1 is 1.09 bits per heavy atom. The molecule has 0 unspecified atom stereocenters. The lowest BCUT2D eigenvalue weighted by atomic mass is 10.2. The van der Waals surface area contributed by atoms with E-state index < -0.39 is 0 Å². The summed E-state index contributed by atoms with van der Waals surface area (Å²) in [6.45, 7) is -0.0550. The standard InChI is InChI=1S/C19H16N2O2/c22-13-14-4-3-6-17(12-14)21-19(23)11-10-16-9-8-15-5-1-2-7-18(15)20-16/h1-12,22H,13H2,(H,21,23)/b11-10+. The van der Waals surface area contributed by atoms with Gasteiger partial charge in [0.1, 0.15) is 0 Å². The molecule has 1 amide bonds. The number of pyridine rings is 1. The summed E-state index contributed by atoms with van der Waals surface area (Å²) in [4.78, 5) is 16.4. The highest BCUT2D eigenvalue weighted by Gasteiger charge is 2.00. The summed E-state index contributed by atoms with van der Waals surface area (Å²) in [7, 11) is 0. The second-order valence-corrected chi connectivity index (χ2v) is 5.11. The van der Waals surface area contributed by atoms with Gasteiger partial charge >= 0.3 is 0 Å². The van der Waals surface area contributed by atoms with Crippen LogP contribution in [0.2, 0.25) is 0 Å². The molecular weight excluding hydrogens is 288 g/mol. The summed E-state index contributed by atoms with van der Waals surface area (Å²) >= 11 is 0. The Labute approximate surface area is 134 Å². The van der Waals surface area contributed by atoms with Gasteiger partial charge in [0.05, 0.1) is 17.8 Å². The number of hydrogen-bond acceptors (Lipinski definition) is 3. The first-order chi connectivity index (χ1) is 11.2. The molecule has 4 nitrogen and oxygen atoms in total. The summed E-state index contributed by atoms with van der Waals surface area (Å²) in [5, 5.41) is 12.9. The second kappa shape index (κ2) is 6.85. The number of aliphatic hydroxyl groups is 1. The van der Waals surface area contributed by atoms with Crippen LogP contribution in [0.15, 0.2) is 66.7 Å². The van der Waals surface area contributed by atoms with Crippen molar-refractivity contribution in [2.45, 2.75) is 6.61 Å². The number of benzene rings is 2. The van der Waals surface area contributed by atoms with Crippen LogP contribution in [-0.2, 0) is 11.4 Å². The van der Waals surface area contributed by atoms with Gasteiger partial charge in [-0.15, -0.1) is 0 Å². The highest BCUT2D eigenvalue weighted by Crippen LogP contribution is 2.13. The first-order valence-electron chi connectivity index (χ1n) is 7.29. The SMILES string of the molecule is O=C(/C=C/c1ccc2ccccc2n1)Nc1cccc(CO)c1. The van der Waals surface area contributed by atoms with Gasteiger partial charge in [-0.2, -0.15) is 0 Å². The number of nitrogens with one attached hydrogen (secondary N) is 1. The van der Waals surface area contributed by atoms with Crippen LogP contribution >= 0.6 is 0 Å². The Bertz CT molecular complexity index is 872. The molecule has 0 aliphatic rings. The molecule has 3 aromatic rings. The molecular formula is C19H16N2O2. The number of amides is 1. The molecule has 0 bridgehead atoms. The van der Waals surface area contributed by atoms with Crippen LogP contribution in [-0.4, -0.2) is 16.0 Å². The van der Waals surface area contributed by atoms with Crippen LogP contribution in [0.1, 0.15) is 11.3 Å². The van der Waals surface area contributed by atoms with E-state index in [4.69, 9.17) is 5.11 Å². The Balaban J connectivity index is 1.71. The lowest BCUT2D eigenvalue weighted by Gasteiger charge is -2.04. The van der Waals surface area contributed by atoms with Crippen molar-refractivity contribution in [2.75, 3.05) is 5.32 Å². The van der Waals surface area contributed by atoms with Crippen molar-refractivity contribution in [3.8, 4) is 0 Å². The predicted octanol–water partition coefficient (Wildman–Crippen LogP) is 3.38. The Hall–Kier alpha value is -2.98. The average molecular weight is 304 g/mol. The van der Waals surface area contributed by atoms with E-state index in [1.54, 1.807) is 30.3 Å². The highest BCUT2D eigenvalue weighted by atomic mass is 16.3. The third-order valence-corrected chi connectivity index (χ3v) is 3.40. The molecule has 0 radical (unpaired) electrons. The number of rotatable bonds is 4. The maximum atomic E-state index is 12.0. The van der Waals surface area contributed by atoms with Gasteiger partial charge in [0, 0.05) is 17.1 Å². The van der Waals surface area contributed by atoms with Crippen LogP contribution < -0.4 is 5.32 Å². The molecule has 3 rings (SSSR count). The van der Waals surface area contributed by atoms with Gasteiger partial charge in [-0.1, -0.05) is 36.4 Å². The van der Waals surface area contributed by atoms with Crippen molar-refractivity contribution in [1.29, 1.82) is 0 Å². The van der Waals surface area contributed by atoms with Crippen LogP contribution in [0, 0.1) is 0 Å².